The Morgan fingerprint density at radius 3 is 2.06 bits per heavy atom. The van der Waals surface area contributed by atoms with Gasteiger partial charge in [0.1, 0.15) is 5.54 Å². The number of hydrogen-bond acceptors (Lipinski definition) is 5. The fourth-order valence-corrected chi connectivity index (χ4v) is 2.33. The van der Waals surface area contributed by atoms with Gasteiger partial charge in [-0.15, -0.1) is 4.91 Å². The minimum atomic E-state index is -1.06. The molecule has 1 aliphatic heterocycles. The molecule has 0 fully saturated rings. The van der Waals surface area contributed by atoms with Crippen molar-refractivity contribution in [3.8, 4) is 0 Å². The van der Waals surface area contributed by atoms with E-state index in [0.29, 0.717) is 5.71 Å². The zero-order valence-corrected chi connectivity index (χ0v) is 11.1. The Kier molecular flexibility index (Phi) is 3.45. The Balaban J connectivity index is 3.35. The fraction of sp³-hybridized carbons (Fsp3) is 0.900. The van der Waals surface area contributed by atoms with Crippen molar-refractivity contribution in [2.24, 2.45) is 5.29 Å². The summed E-state index contributed by atoms with van der Waals surface area (Å²) in [5.74, 6) is 0. The Hall–Kier alpha value is -1.21. The summed E-state index contributed by atoms with van der Waals surface area (Å²) in [5, 5.41) is 16.4. The van der Waals surface area contributed by atoms with Gasteiger partial charge >= 0.3 is 0 Å². The highest BCUT2D eigenvalue weighted by atomic mass is 16.7. The third-order valence-electron chi connectivity index (χ3n) is 3.12. The lowest BCUT2D eigenvalue weighted by atomic mass is 9.97. The summed E-state index contributed by atoms with van der Waals surface area (Å²) in [6, 6.07) is 0. The number of rotatable bonds is 4. The molecule has 0 saturated heterocycles. The number of nitrogens with zero attached hydrogens (tertiary/aromatic N) is 3. The standard InChI is InChI=1S/C10H19N3O4/c1-9(2)7(8(16-5)17-6)12(15)10(3,4)13(9)11-14/h8H,1-6H3. The van der Waals surface area contributed by atoms with Gasteiger partial charge in [0.2, 0.25) is 12.0 Å². The van der Waals surface area contributed by atoms with Crippen LogP contribution in [-0.2, 0) is 9.47 Å². The molecular formula is C10H19N3O4. The van der Waals surface area contributed by atoms with Crippen LogP contribution >= 0.6 is 0 Å². The topological polar surface area (TPSA) is 77.2 Å². The van der Waals surface area contributed by atoms with Crippen LogP contribution < -0.4 is 0 Å². The second-order valence-electron chi connectivity index (χ2n) is 4.93. The van der Waals surface area contributed by atoms with Gasteiger partial charge in [-0.1, -0.05) is 0 Å². The summed E-state index contributed by atoms with van der Waals surface area (Å²) >= 11 is 0. The van der Waals surface area contributed by atoms with Crippen molar-refractivity contribution in [1.82, 2.24) is 5.01 Å². The molecule has 7 heteroatoms. The molecule has 0 bridgehead atoms. The molecule has 0 aliphatic carbocycles. The van der Waals surface area contributed by atoms with Gasteiger partial charge in [-0.2, -0.15) is 9.75 Å². The van der Waals surface area contributed by atoms with Crippen molar-refractivity contribution in [2.75, 3.05) is 14.2 Å². The average molecular weight is 245 g/mol. The SMILES string of the molecule is COC(OC)C1=[N+]([O-])C(C)(C)N(N=O)C1(C)C. The molecule has 0 aromatic rings. The van der Waals surface area contributed by atoms with E-state index in [2.05, 4.69) is 5.29 Å². The van der Waals surface area contributed by atoms with Crippen LogP contribution in [0, 0.1) is 10.1 Å². The van der Waals surface area contributed by atoms with Crippen LogP contribution in [0.2, 0.25) is 0 Å². The quantitative estimate of drug-likeness (QED) is 0.320. The molecule has 0 aromatic heterocycles. The normalized spacial score (nSPS) is 22.4. The minimum absolute atomic E-state index is 0.326. The Labute approximate surface area is 101 Å². The van der Waals surface area contributed by atoms with Gasteiger partial charge in [-0.05, 0) is 13.8 Å². The number of hydroxylamine groups is 1. The lowest BCUT2D eigenvalue weighted by Crippen LogP contribution is -2.51. The van der Waals surface area contributed by atoms with E-state index in [0.717, 1.165) is 4.74 Å². The second-order valence-corrected chi connectivity index (χ2v) is 4.93. The molecule has 0 N–H and O–H groups in total. The van der Waals surface area contributed by atoms with E-state index in [1.165, 1.54) is 19.2 Å². The monoisotopic (exact) mass is 245 g/mol. The molecule has 1 aliphatic rings. The van der Waals surface area contributed by atoms with E-state index >= 15 is 0 Å². The number of nitroso groups, excluding NO2 is 1. The van der Waals surface area contributed by atoms with Crippen molar-refractivity contribution in [2.45, 2.75) is 45.2 Å². The van der Waals surface area contributed by atoms with Crippen LogP contribution in [0.3, 0.4) is 0 Å². The van der Waals surface area contributed by atoms with Crippen molar-refractivity contribution >= 4 is 5.71 Å². The molecule has 0 spiro atoms. The second kappa shape index (κ2) is 4.23. The third-order valence-corrected chi connectivity index (χ3v) is 3.12. The van der Waals surface area contributed by atoms with Crippen LogP contribution in [0.5, 0.6) is 0 Å². The lowest BCUT2D eigenvalue weighted by Gasteiger charge is -2.30. The lowest BCUT2D eigenvalue weighted by molar-refractivity contribution is -0.561. The smallest absolute Gasteiger partial charge is 0.260 e. The average Bonchev–Trinajstić information content (AvgIpc) is 2.36. The maximum atomic E-state index is 12.3. The summed E-state index contributed by atoms with van der Waals surface area (Å²) in [6.07, 6.45) is -0.798. The van der Waals surface area contributed by atoms with E-state index in [-0.39, 0.29) is 0 Å². The predicted molar refractivity (Wildman–Crippen MR) is 62.2 cm³/mol. The minimum Gasteiger partial charge on any atom is -0.622 e. The maximum Gasteiger partial charge on any atom is 0.260 e. The molecule has 0 unspecified atom stereocenters. The van der Waals surface area contributed by atoms with Gasteiger partial charge < -0.3 is 14.7 Å². The number of ether oxygens (including phenoxy) is 2. The summed E-state index contributed by atoms with van der Waals surface area (Å²) in [6.45, 7) is 6.71. The van der Waals surface area contributed by atoms with E-state index < -0.39 is 17.5 Å². The molecule has 0 atom stereocenters. The molecule has 1 heterocycles. The van der Waals surface area contributed by atoms with Gasteiger partial charge in [0, 0.05) is 28.1 Å². The first-order valence-corrected chi connectivity index (χ1v) is 5.29. The molecule has 0 radical (unpaired) electrons. The Morgan fingerprint density at radius 1 is 1.29 bits per heavy atom. The van der Waals surface area contributed by atoms with Crippen LogP contribution in [0.1, 0.15) is 27.7 Å². The van der Waals surface area contributed by atoms with Crippen molar-refractivity contribution < 1.29 is 14.2 Å². The van der Waals surface area contributed by atoms with E-state index in [4.69, 9.17) is 9.47 Å². The molecular weight excluding hydrogens is 226 g/mol. The molecule has 7 nitrogen and oxygen atoms in total. The van der Waals surface area contributed by atoms with Crippen LogP contribution in [0.4, 0.5) is 0 Å². The predicted octanol–water partition coefficient (Wildman–Crippen LogP) is 1.07. The maximum absolute atomic E-state index is 12.3. The van der Waals surface area contributed by atoms with Crippen LogP contribution in [-0.4, -0.2) is 47.2 Å². The van der Waals surface area contributed by atoms with Crippen LogP contribution in [0.25, 0.3) is 0 Å². The highest BCUT2D eigenvalue weighted by molar-refractivity contribution is 5.92. The number of methoxy groups -OCH3 is 2. The highest BCUT2D eigenvalue weighted by Gasteiger charge is 2.60. The first kappa shape index (κ1) is 13.9. The largest absolute Gasteiger partial charge is 0.622 e. The summed E-state index contributed by atoms with van der Waals surface area (Å²) in [5.41, 5.74) is -1.59. The number of hydrogen-bond donors (Lipinski definition) is 0. The van der Waals surface area contributed by atoms with Crippen molar-refractivity contribution in [3.05, 3.63) is 10.1 Å². The van der Waals surface area contributed by atoms with Gasteiger partial charge in [0.05, 0.1) is 5.29 Å². The van der Waals surface area contributed by atoms with E-state index in [1.807, 2.05) is 0 Å². The summed E-state index contributed by atoms with van der Waals surface area (Å²) in [7, 11) is 2.88. The zero-order chi connectivity index (χ0) is 13.4. The van der Waals surface area contributed by atoms with Gasteiger partial charge in [-0.3, -0.25) is 0 Å². The fourth-order valence-electron chi connectivity index (χ4n) is 2.33. The summed E-state index contributed by atoms with van der Waals surface area (Å²) < 4.78 is 10.9. The van der Waals surface area contributed by atoms with Gasteiger partial charge in [-0.25, -0.2) is 0 Å². The molecule has 98 valence electrons. The first-order chi connectivity index (χ1) is 7.74. The van der Waals surface area contributed by atoms with Crippen molar-refractivity contribution in [1.29, 1.82) is 0 Å². The van der Waals surface area contributed by atoms with E-state index in [1.54, 1.807) is 27.7 Å². The molecule has 17 heavy (non-hydrogen) atoms. The Morgan fingerprint density at radius 2 is 1.76 bits per heavy atom. The molecule has 0 saturated carbocycles. The van der Waals surface area contributed by atoms with Gasteiger partial charge in [0.25, 0.3) is 5.66 Å². The Bertz CT molecular complexity index is 347. The summed E-state index contributed by atoms with van der Waals surface area (Å²) in [4.78, 5) is 10.9. The van der Waals surface area contributed by atoms with Gasteiger partial charge in [0.15, 0.2) is 0 Å². The third kappa shape index (κ3) is 1.79. The molecule has 0 aromatic carbocycles. The first-order valence-electron chi connectivity index (χ1n) is 5.29. The van der Waals surface area contributed by atoms with Crippen LogP contribution in [0.15, 0.2) is 5.29 Å². The highest BCUT2D eigenvalue weighted by Crippen LogP contribution is 2.35. The van der Waals surface area contributed by atoms with Crippen molar-refractivity contribution in [3.63, 3.8) is 0 Å². The molecule has 1 rings (SSSR count). The zero-order valence-electron chi connectivity index (χ0n) is 11.1. The van der Waals surface area contributed by atoms with E-state index in [9.17, 15) is 10.1 Å². The molecule has 0 amide bonds.